The van der Waals surface area contributed by atoms with Gasteiger partial charge in [-0.1, -0.05) is 18.2 Å². The first-order valence-corrected chi connectivity index (χ1v) is 8.81. The Labute approximate surface area is 155 Å². The molecule has 1 aromatic carbocycles. The smallest absolute Gasteiger partial charge is 0.407 e. The van der Waals surface area contributed by atoms with Gasteiger partial charge in [0.15, 0.2) is 0 Å². The van der Waals surface area contributed by atoms with Gasteiger partial charge in [0.2, 0.25) is 5.28 Å². The molecule has 134 valence electrons. The molecular formula is C18H18ClN5O2. The zero-order valence-corrected chi connectivity index (χ0v) is 14.8. The fraction of sp³-hybridized carbons (Fsp3) is 0.278. The number of H-pyrrole nitrogens is 1. The lowest BCUT2D eigenvalue weighted by Gasteiger charge is -2.26. The van der Waals surface area contributed by atoms with E-state index in [9.17, 15) is 4.79 Å². The number of rotatable bonds is 4. The predicted octanol–water partition coefficient (Wildman–Crippen LogP) is 3.30. The summed E-state index contributed by atoms with van der Waals surface area (Å²) in [6.07, 6.45) is 2.49. The number of carbonyl (C=O) groups is 1. The van der Waals surface area contributed by atoms with Crippen molar-refractivity contribution >= 4 is 34.4 Å². The molecule has 2 aromatic heterocycles. The van der Waals surface area contributed by atoms with E-state index in [1.807, 2.05) is 18.3 Å². The second-order valence-corrected chi connectivity index (χ2v) is 6.59. The average molecular weight is 372 g/mol. The largest absolute Gasteiger partial charge is 0.465 e. The number of hydrogen-bond acceptors (Lipinski definition) is 4. The molecule has 0 bridgehead atoms. The summed E-state index contributed by atoms with van der Waals surface area (Å²) in [4.78, 5) is 24.3. The monoisotopic (exact) mass is 371 g/mol. The highest BCUT2D eigenvalue weighted by molar-refractivity contribution is 6.28. The number of nitrogens with one attached hydrogen (secondary N) is 2. The van der Waals surface area contributed by atoms with E-state index in [4.69, 9.17) is 16.7 Å². The van der Waals surface area contributed by atoms with Crippen molar-refractivity contribution in [1.82, 2.24) is 19.9 Å². The molecule has 0 saturated carbocycles. The molecule has 0 unspecified atom stereocenters. The number of hydrogen-bond donors (Lipinski definition) is 3. The lowest BCUT2D eigenvalue weighted by Crippen LogP contribution is -2.36. The van der Waals surface area contributed by atoms with Crippen LogP contribution in [0.1, 0.15) is 16.8 Å². The van der Waals surface area contributed by atoms with Crippen LogP contribution in [0.5, 0.6) is 0 Å². The number of amides is 1. The molecule has 7 nitrogen and oxygen atoms in total. The maximum atomic E-state index is 11.2. The fourth-order valence-corrected chi connectivity index (χ4v) is 3.55. The Balaban J connectivity index is 1.49. The van der Waals surface area contributed by atoms with Gasteiger partial charge in [-0.05, 0) is 36.1 Å². The van der Waals surface area contributed by atoms with Crippen molar-refractivity contribution in [1.29, 1.82) is 0 Å². The lowest BCUT2D eigenvalue weighted by atomic mass is 10.1. The van der Waals surface area contributed by atoms with E-state index >= 15 is 0 Å². The number of aromatic nitrogens is 3. The van der Waals surface area contributed by atoms with Crippen molar-refractivity contribution < 1.29 is 9.90 Å². The maximum absolute atomic E-state index is 11.2. The highest BCUT2D eigenvalue weighted by Gasteiger charge is 2.24. The number of halogens is 1. The summed E-state index contributed by atoms with van der Waals surface area (Å²) in [5.41, 5.74) is 3.98. The SMILES string of the molecule is O=C(O)N1CCc2c(nc(Cl)nc2NCCc2c[nH]c3ccccc23)C1. The first kappa shape index (κ1) is 16.7. The van der Waals surface area contributed by atoms with Crippen molar-refractivity contribution in [2.24, 2.45) is 0 Å². The van der Waals surface area contributed by atoms with Gasteiger partial charge in [-0.25, -0.2) is 14.8 Å². The summed E-state index contributed by atoms with van der Waals surface area (Å²) in [6.45, 7) is 1.37. The number of nitrogens with zero attached hydrogens (tertiary/aromatic N) is 3. The van der Waals surface area contributed by atoms with Gasteiger partial charge >= 0.3 is 6.09 Å². The first-order valence-electron chi connectivity index (χ1n) is 8.44. The van der Waals surface area contributed by atoms with E-state index < -0.39 is 6.09 Å². The zero-order chi connectivity index (χ0) is 18.1. The van der Waals surface area contributed by atoms with Crippen LogP contribution >= 0.6 is 11.6 Å². The molecule has 0 fully saturated rings. The molecule has 0 saturated heterocycles. The molecule has 4 rings (SSSR count). The molecule has 3 aromatic rings. The second kappa shape index (κ2) is 6.84. The normalized spacial score (nSPS) is 13.7. The summed E-state index contributed by atoms with van der Waals surface area (Å²) < 4.78 is 0. The Morgan fingerprint density at radius 3 is 3.04 bits per heavy atom. The minimum atomic E-state index is -0.945. The summed E-state index contributed by atoms with van der Waals surface area (Å²) in [7, 11) is 0. The number of benzene rings is 1. The van der Waals surface area contributed by atoms with Crippen LogP contribution in [0.25, 0.3) is 10.9 Å². The van der Waals surface area contributed by atoms with E-state index in [0.717, 1.165) is 17.5 Å². The standard InChI is InChI=1S/C18H18ClN5O2/c19-17-22-15-10-24(18(25)26)8-6-13(15)16(23-17)20-7-5-11-9-21-14-4-2-1-3-12(11)14/h1-4,9,21H,5-8,10H2,(H,25,26)(H,20,22,23). The minimum Gasteiger partial charge on any atom is -0.465 e. The van der Waals surface area contributed by atoms with E-state index in [0.29, 0.717) is 31.0 Å². The molecule has 1 aliphatic heterocycles. The van der Waals surface area contributed by atoms with Gasteiger partial charge in [-0.2, -0.15) is 0 Å². The molecule has 0 spiro atoms. The molecular weight excluding hydrogens is 354 g/mol. The quantitative estimate of drug-likeness (QED) is 0.612. The lowest BCUT2D eigenvalue weighted by molar-refractivity contribution is 0.139. The van der Waals surface area contributed by atoms with Gasteiger partial charge in [-0.15, -0.1) is 0 Å². The molecule has 8 heteroatoms. The van der Waals surface area contributed by atoms with Gasteiger partial charge in [0, 0.05) is 35.8 Å². The Kier molecular flexibility index (Phi) is 4.38. The number of fused-ring (bicyclic) bond motifs is 2. The summed E-state index contributed by atoms with van der Waals surface area (Å²) in [6, 6.07) is 8.20. The van der Waals surface area contributed by atoms with Crippen molar-refractivity contribution in [2.45, 2.75) is 19.4 Å². The summed E-state index contributed by atoms with van der Waals surface area (Å²) in [5, 5.41) is 13.9. The Hall–Kier alpha value is -2.80. The number of carboxylic acid groups (broad SMARTS) is 1. The van der Waals surface area contributed by atoms with E-state index in [1.54, 1.807) is 0 Å². The minimum absolute atomic E-state index is 0.130. The first-order chi connectivity index (χ1) is 12.6. The van der Waals surface area contributed by atoms with Crippen LogP contribution in [0.3, 0.4) is 0 Å². The van der Waals surface area contributed by atoms with Crippen molar-refractivity contribution in [3.05, 3.63) is 52.6 Å². The van der Waals surface area contributed by atoms with Gasteiger partial charge in [0.05, 0.1) is 12.2 Å². The molecule has 0 atom stereocenters. The highest BCUT2D eigenvalue weighted by atomic mass is 35.5. The third-order valence-electron chi connectivity index (χ3n) is 4.67. The van der Waals surface area contributed by atoms with Gasteiger partial charge in [0.1, 0.15) is 5.82 Å². The summed E-state index contributed by atoms with van der Waals surface area (Å²) >= 11 is 6.03. The average Bonchev–Trinajstić information content (AvgIpc) is 3.04. The Bertz CT molecular complexity index is 971. The van der Waals surface area contributed by atoms with Crippen LogP contribution in [0, 0.1) is 0 Å². The van der Waals surface area contributed by atoms with Crippen LogP contribution in [-0.2, 0) is 19.4 Å². The maximum Gasteiger partial charge on any atom is 0.407 e. The zero-order valence-electron chi connectivity index (χ0n) is 14.0. The van der Waals surface area contributed by atoms with Crippen LogP contribution in [0.4, 0.5) is 10.6 Å². The van der Waals surface area contributed by atoms with Crippen LogP contribution in [0.2, 0.25) is 5.28 Å². The van der Waals surface area contributed by atoms with Gasteiger partial charge in [-0.3, -0.25) is 0 Å². The van der Waals surface area contributed by atoms with Crippen LogP contribution < -0.4 is 5.32 Å². The van der Waals surface area contributed by atoms with Crippen molar-refractivity contribution in [3.8, 4) is 0 Å². The second-order valence-electron chi connectivity index (χ2n) is 6.26. The third kappa shape index (κ3) is 3.17. The van der Waals surface area contributed by atoms with E-state index in [2.05, 4.69) is 32.4 Å². The fourth-order valence-electron chi connectivity index (χ4n) is 3.36. The van der Waals surface area contributed by atoms with Crippen LogP contribution in [-0.4, -0.2) is 44.1 Å². The van der Waals surface area contributed by atoms with Crippen molar-refractivity contribution in [2.75, 3.05) is 18.4 Å². The predicted molar refractivity (Wildman–Crippen MR) is 99.7 cm³/mol. The van der Waals surface area contributed by atoms with Crippen LogP contribution in [0.15, 0.2) is 30.5 Å². The molecule has 3 N–H and O–H groups in total. The van der Waals surface area contributed by atoms with E-state index in [1.165, 1.54) is 15.8 Å². The molecule has 0 aliphatic carbocycles. The molecule has 0 radical (unpaired) electrons. The molecule has 3 heterocycles. The molecule has 1 aliphatic rings. The number of para-hydroxylation sites is 1. The van der Waals surface area contributed by atoms with E-state index in [-0.39, 0.29) is 11.8 Å². The highest BCUT2D eigenvalue weighted by Crippen LogP contribution is 2.25. The summed E-state index contributed by atoms with van der Waals surface area (Å²) in [5.74, 6) is 0.699. The van der Waals surface area contributed by atoms with Gasteiger partial charge in [0.25, 0.3) is 0 Å². The Morgan fingerprint density at radius 2 is 2.19 bits per heavy atom. The molecule has 1 amide bonds. The molecule has 26 heavy (non-hydrogen) atoms. The Morgan fingerprint density at radius 1 is 1.35 bits per heavy atom. The number of anilines is 1. The van der Waals surface area contributed by atoms with Gasteiger partial charge < -0.3 is 20.3 Å². The van der Waals surface area contributed by atoms with Crippen molar-refractivity contribution in [3.63, 3.8) is 0 Å². The third-order valence-corrected chi connectivity index (χ3v) is 4.84. The topological polar surface area (TPSA) is 94.1 Å². The number of aromatic amines is 1.